The van der Waals surface area contributed by atoms with Crippen LogP contribution >= 0.6 is 0 Å². The predicted molar refractivity (Wildman–Crippen MR) is 99.6 cm³/mol. The average molecular weight is 402 g/mol. The van der Waals surface area contributed by atoms with E-state index in [9.17, 15) is 9.18 Å². The van der Waals surface area contributed by atoms with Crippen LogP contribution in [-0.4, -0.2) is 37.5 Å². The second kappa shape index (κ2) is 8.59. The molecule has 0 saturated carbocycles. The number of hydrogen-bond acceptors (Lipinski definition) is 8. The van der Waals surface area contributed by atoms with Crippen LogP contribution in [0.5, 0.6) is 17.2 Å². The summed E-state index contributed by atoms with van der Waals surface area (Å²) in [6, 6.07) is 8.58. The summed E-state index contributed by atoms with van der Waals surface area (Å²) in [6.07, 6.45) is -0.831. The van der Waals surface area contributed by atoms with Gasteiger partial charge in [0.1, 0.15) is 17.1 Å². The Bertz CT molecular complexity index is 1000. The quantitative estimate of drug-likeness (QED) is 0.551. The van der Waals surface area contributed by atoms with Crippen LogP contribution in [0.15, 0.2) is 40.8 Å². The topological polar surface area (TPSA) is 92.9 Å². The van der Waals surface area contributed by atoms with Crippen molar-refractivity contribution in [3.63, 3.8) is 0 Å². The first-order valence-electron chi connectivity index (χ1n) is 8.57. The second-order valence-electron chi connectivity index (χ2n) is 5.91. The van der Waals surface area contributed by atoms with Gasteiger partial charge in [0.05, 0.1) is 21.3 Å². The van der Waals surface area contributed by atoms with Gasteiger partial charge in [-0.05, 0) is 31.2 Å². The lowest BCUT2D eigenvalue weighted by Crippen LogP contribution is -2.11. The van der Waals surface area contributed by atoms with Crippen LogP contribution in [0.1, 0.15) is 29.3 Å². The maximum Gasteiger partial charge on any atom is 0.342 e. The highest BCUT2D eigenvalue weighted by atomic mass is 19.1. The molecule has 1 atom stereocenters. The molecular weight excluding hydrogens is 383 g/mol. The van der Waals surface area contributed by atoms with Gasteiger partial charge in [-0.25, -0.2) is 9.18 Å². The van der Waals surface area contributed by atoms with Crippen LogP contribution < -0.4 is 14.2 Å². The van der Waals surface area contributed by atoms with E-state index in [1.165, 1.54) is 57.7 Å². The van der Waals surface area contributed by atoms with Gasteiger partial charge in [-0.2, -0.15) is 0 Å². The number of benzene rings is 2. The van der Waals surface area contributed by atoms with Gasteiger partial charge in [-0.3, -0.25) is 0 Å². The fourth-order valence-electron chi connectivity index (χ4n) is 2.57. The molecule has 0 aliphatic carbocycles. The molecule has 0 spiro atoms. The average Bonchev–Trinajstić information content (AvgIpc) is 3.23. The van der Waals surface area contributed by atoms with Gasteiger partial charge in [0, 0.05) is 17.7 Å². The first-order valence-corrected chi connectivity index (χ1v) is 8.57. The minimum absolute atomic E-state index is 0.0946. The van der Waals surface area contributed by atoms with Gasteiger partial charge in [0.25, 0.3) is 5.89 Å². The second-order valence-corrected chi connectivity index (χ2v) is 5.91. The zero-order chi connectivity index (χ0) is 21.0. The van der Waals surface area contributed by atoms with Crippen LogP contribution in [0, 0.1) is 5.82 Å². The van der Waals surface area contributed by atoms with Crippen molar-refractivity contribution in [1.29, 1.82) is 0 Å². The lowest BCUT2D eigenvalue weighted by Gasteiger charge is -2.15. The Balaban J connectivity index is 1.80. The Morgan fingerprint density at radius 1 is 0.966 bits per heavy atom. The van der Waals surface area contributed by atoms with E-state index in [0.29, 0.717) is 17.1 Å². The van der Waals surface area contributed by atoms with Crippen LogP contribution in [0.2, 0.25) is 0 Å². The van der Waals surface area contributed by atoms with Crippen molar-refractivity contribution in [2.24, 2.45) is 0 Å². The number of methoxy groups -OCH3 is 3. The fourth-order valence-corrected chi connectivity index (χ4v) is 2.57. The Kier molecular flexibility index (Phi) is 5.96. The van der Waals surface area contributed by atoms with Gasteiger partial charge in [-0.15, -0.1) is 10.2 Å². The van der Waals surface area contributed by atoms with Crippen molar-refractivity contribution in [2.45, 2.75) is 13.0 Å². The van der Waals surface area contributed by atoms with E-state index in [-0.39, 0.29) is 28.9 Å². The van der Waals surface area contributed by atoms with E-state index in [1.54, 1.807) is 6.92 Å². The minimum Gasteiger partial charge on any atom is -0.496 e. The van der Waals surface area contributed by atoms with E-state index in [2.05, 4.69) is 10.2 Å². The van der Waals surface area contributed by atoms with E-state index in [4.69, 9.17) is 23.4 Å². The van der Waals surface area contributed by atoms with Crippen LogP contribution in [0.3, 0.4) is 0 Å². The number of nitrogens with zero attached hydrogens (tertiary/aromatic N) is 2. The number of esters is 1. The van der Waals surface area contributed by atoms with Crippen molar-refractivity contribution in [3.05, 3.63) is 53.7 Å². The maximum absolute atomic E-state index is 13.1. The Morgan fingerprint density at radius 2 is 1.59 bits per heavy atom. The van der Waals surface area contributed by atoms with Crippen LogP contribution in [-0.2, 0) is 4.74 Å². The first-order chi connectivity index (χ1) is 14.0. The lowest BCUT2D eigenvalue weighted by molar-refractivity contribution is 0.0276. The van der Waals surface area contributed by atoms with Crippen molar-refractivity contribution in [1.82, 2.24) is 10.2 Å². The lowest BCUT2D eigenvalue weighted by atomic mass is 10.1. The van der Waals surface area contributed by atoms with Gasteiger partial charge in [0.15, 0.2) is 17.6 Å². The molecule has 1 heterocycles. The number of carbonyl (C=O) groups excluding carboxylic acids is 1. The summed E-state index contributed by atoms with van der Waals surface area (Å²) in [5.41, 5.74) is 0.695. The Morgan fingerprint density at radius 3 is 2.21 bits per heavy atom. The SMILES string of the molecule is COc1cc(OC)c(C(=O)O[C@@H](C)c2nnc(-c3ccc(F)cc3)o2)cc1OC. The van der Waals surface area contributed by atoms with Crippen LogP contribution in [0.25, 0.3) is 11.5 Å². The zero-order valence-corrected chi connectivity index (χ0v) is 16.3. The molecule has 9 heteroatoms. The largest absolute Gasteiger partial charge is 0.496 e. The van der Waals surface area contributed by atoms with E-state index in [0.717, 1.165) is 0 Å². The monoisotopic (exact) mass is 402 g/mol. The molecule has 0 saturated heterocycles. The molecule has 2 aromatic carbocycles. The molecule has 0 radical (unpaired) electrons. The van der Waals surface area contributed by atoms with Gasteiger partial charge < -0.3 is 23.4 Å². The van der Waals surface area contributed by atoms with Gasteiger partial charge in [0.2, 0.25) is 5.89 Å². The summed E-state index contributed by atoms with van der Waals surface area (Å²) in [7, 11) is 4.36. The molecule has 0 N–H and O–H groups in total. The number of halogens is 1. The van der Waals surface area contributed by atoms with Crippen molar-refractivity contribution < 1.29 is 32.5 Å². The number of aromatic nitrogens is 2. The molecule has 0 aliphatic rings. The molecule has 0 amide bonds. The summed E-state index contributed by atoms with van der Waals surface area (Å²) in [5.74, 6) is 0.261. The summed E-state index contributed by atoms with van der Waals surface area (Å²) in [5, 5.41) is 7.81. The summed E-state index contributed by atoms with van der Waals surface area (Å²) in [4.78, 5) is 12.7. The Labute approximate surface area is 166 Å². The Hall–Kier alpha value is -3.62. The standard InChI is InChI=1S/C20H19FN2O6/c1-11(18-22-23-19(29-18)12-5-7-13(21)8-6-12)28-20(24)14-9-16(26-3)17(27-4)10-15(14)25-2/h5-11H,1-4H3/t11-/m0/s1. The van der Waals surface area contributed by atoms with Crippen molar-refractivity contribution >= 4 is 5.97 Å². The highest BCUT2D eigenvalue weighted by molar-refractivity contribution is 5.93. The fraction of sp³-hybridized carbons (Fsp3) is 0.250. The molecule has 1 aromatic heterocycles. The highest BCUT2D eigenvalue weighted by Gasteiger charge is 2.24. The molecule has 0 aliphatic heterocycles. The molecule has 29 heavy (non-hydrogen) atoms. The van der Waals surface area contributed by atoms with Crippen molar-refractivity contribution in [3.8, 4) is 28.7 Å². The summed E-state index contributed by atoms with van der Waals surface area (Å²) >= 11 is 0. The molecule has 3 aromatic rings. The van der Waals surface area contributed by atoms with E-state index >= 15 is 0 Å². The smallest absolute Gasteiger partial charge is 0.342 e. The molecule has 0 unspecified atom stereocenters. The minimum atomic E-state index is -0.831. The molecular formula is C20H19FN2O6. The number of ether oxygens (including phenoxy) is 4. The number of hydrogen-bond donors (Lipinski definition) is 0. The summed E-state index contributed by atoms with van der Waals surface area (Å²) < 4.78 is 39.7. The number of carbonyl (C=O) groups is 1. The number of rotatable bonds is 7. The third kappa shape index (κ3) is 4.29. The van der Waals surface area contributed by atoms with E-state index < -0.39 is 12.1 Å². The van der Waals surface area contributed by atoms with Gasteiger partial charge in [-0.1, -0.05) is 0 Å². The van der Waals surface area contributed by atoms with Gasteiger partial charge >= 0.3 is 5.97 Å². The van der Waals surface area contributed by atoms with Crippen molar-refractivity contribution in [2.75, 3.05) is 21.3 Å². The third-order valence-corrected chi connectivity index (χ3v) is 4.09. The normalized spacial score (nSPS) is 11.6. The molecule has 0 fully saturated rings. The first kappa shape index (κ1) is 20.1. The highest BCUT2D eigenvalue weighted by Crippen LogP contribution is 2.35. The molecule has 152 valence electrons. The van der Waals surface area contributed by atoms with Crippen LogP contribution in [0.4, 0.5) is 4.39 Å². The predicted octanol–water partition coefficient (Wildman–Crippen LogP) is 3.82. The maximum atomic E-state index is 13.1. The van der Waals surface area contributed by atoms with E-state index in [1.807, 2.05) is 0 Å². The third-order valence-electron chi connectivity index (χ3n) is 4.09. The molecule has 0 bridgehead atoms. The molecule has 3 rings (SSSR count). The summed E-state index contributed by atoms with van der Waals surface area (Å²) in [6.45, 7) is 1.59. The zero-order valence-electron chi connectivity index (χ0n) is 16.3. The molecule has 8 nitrogen and oxygen atoms in total.